The molecular formula is C25H27F3O3. The van der Waals surface area contributed by atoms with Crippen molar-refractivity contribution >= 4 is 5.57 Å². The number of benzene rings is 2. The Morgan fingerprint density at radius 1 is 1.00 bits per heavy atom. The van der Waals surface area contributed by atoms with Gasteiger partial charge in [0.2, 0.25) is 11.6 Å². The quantitative estimate of drug-likeness (QED) is 0.378. The van der Waals surface area contributed by atoms with Crippen molar-refractivity contribution in [3.63, 3.8) is 0 Å². The van der Waals surface area contributed by atoms with Crippen molar-refractivity contribution in [3.05, 3.63) is 58.4 Å². The van der Waals surface area contributed by atoms with Gasteiger partial charge in [-0.2, -0.15) is 8.78 Å². The van der Waals surface area contributed by atoms with Gasteiger partial charge in [-0.25, -0.2) is 4.39 Å². The standard InChI is InChI=1S/C25H27F3O3/c1-3-5-6-7-18-10-8-16(14-30-18)19-13-17-12-15-9-11-20(29-4-2)22(27)24(15)31-25(17)23(28)21(19)26/h8-9,11,13,18H,3-7,10,12,14H2,1-2H3. The lowest BCUT2D eigenvalue weighted by Gasteiger charge is -2.26. The van der Waals surface area contributed by atoms with E-state index in [2.05, 4.69) is 6.92 Å². The van der Waals surface area contributed by atoms with E-state index in [1.807, 2.05) is 6.08 Å². The molecule has 0 N–H and O–H groups in total. The van der Waals surface area contributed by atoms with Crippen LogP contribution in [0.4, 0.5) is 13.2 Å². The normalized spacial score (nSPS) is 17.5. The lowest BCUT2D eigenvalue weighted by Crippen LogP contribution is -2.19. The number of hydrogen-bond donors (Lipinski definition) is 0. The predicted octanol–water partition coefficient (Wildman–Crippen LogP) is 6.95. The number of unbranched alkanes of at least 4 members (excludes halogenated alkanes) is 2. The molecule has 31 heavy (non-hydrogen) atoms. The third kappa shape index (κ3) is 4.31. The lowest BCUT2D eigenvalue weighted by atomic mass is 9.93. The van der Waals surface area contributed by atoms with E-state index in [4.69, 9.17) is 14.2 Å². The first-order valence-corrected chi connectivity index (χ1v) is 11.0. The predicted molar refractivity (Wildman–Crippen MR) is 113 cm³/mol. The molecule has 2 aliphatic rings. The van der Waals surface area contributed by atoms with Gasteiger partial charge in [0.1, 0.15) is 0 Å². The highest BCUT2D eigenvalue weighted by molar-refractivity contribution is 5.70. The Labute approximate surface area is 180 Å². The monoisotopic (exact) mass is 432 g/mol. The molecule has 2 aromatic carbocycles. The average molecular weight is 432 g/mol. The summed E-state index contributed by atoms with van der Waals surface area (Å²) in [4.78, 5) is 0. The molecule has 1 unspecified atom stereocenters. The molecule has 0 fully saturated rings. The van der Waals surface area contributed by atoms with Crippen molar-refractivity contribution in [2.75, 3.05) is 13.2 Å². The van der Waals surface area contributed by atoms with Crippen LogP contribution in [-0.2, 0) is 11.2 Å². The third-order valence-corrected chi connectivity index (χ3v) is 5.84. The van der Waals surface area contributed by atoms with Crippen LogP contribution in [0.2, 0.25) is 0 Å². The Balaban J connectivity index is 1.60. The van der Waals surface area contributed by atoms with Gasteiger partial charge in [-0.05, 0) is 37.5 Å². The fourth-order valence-corrected chi connectivity index (χ4v) is 4.16. The van der Waals surface area contributed by atoms with Crippen molar-refractivity contribution < 1.29 is 27.4 Å². The first kappa shape index (κ1) is 21.8. The van der Waals surface area contributed by atoms with E-state index in [0.29, 0.717) is 23.1 Å². The van der Waals surface area contributed by atoms with Gasteiger partial charge in [-0.1, -0.05) is 38.3 Å². The van der Waals surface area contributed by atoms with Gasteiger partial charge in [0.05, 0.1) is 19.3 Å². The Hall–Kier alpha value is -2.47. The highest BCUT2D eigenvalue weighted by Crippen LogP contribution is 2.44. The van der Waals surface area contributed by atoms with Crippen LogP contribution in [0.1, 0.15) is 62.6 Å². The fourth-order valence-electron chi connectivity index (χ4n) is 4.16. The van der Waals surface area contributed by atoms with Crippen LogP contribution in [0, 0.1) is 17.5 Å². The maximum absolute atomic E-state index is 14.9. The van der Waals surface area contributed by atoms with Crippen molar-refractivity contribution in [1.82, 2.24) is 0 Å². The molecule has 0 radical (unpaired) electrons. The van der Waals surface area contributed by atoms with E-state index in [0.717, 1.165) is 25.7 Å². The van der Waals surface area contributed by atoms with Crippen LogP contribution in [0.3, 0.4) is 0 Å². The molecule has 0 aromatic heterocycles. The minimum atomic E-state index is -1.11. The van der Waals surface area contributed by atoms with Crippen molar-refractivity contribution in [2.24, 2.45) is 0 Å². The van der Waals surface area contributed by atoms with Gasteiger partial charge in [0.25, 0.3) is 0 Å². The van der Waals surface area contributed by atoms with E-state index >= 15 is 0 Å². The van der Waals surface area contributed by atoms with Crippen molar-refractivity contribution in [1.29, 1.82) is 0 Å². The maximum atomic E-state index is 14.9. The van der Waals surface area contributed by atoms with Crippen LogP contribution in [0.25, 0.3) is 5.57 Å². The summed E-state index contributed by atoms with van der Waals surface area (Å²) in [7, 11) is 0. The zero-order valence-electron chi connectivity index (χ0n) is 17.9. The first-order valence-electron chi connectivity index (χ1n) is 11.0. The summed E-state index contributed by atoms with van der Waals surface area (Å²) in [5.74, 6) is -3.16. The molecule has 0 aliphatic carbocycles. The zero-order valence-corrected chi connectivity index (χ0v) is 17.9. The highest BCUT2D eigenvalue weighted by Gasteiger charge is 2.30. The second kappa shape index (κ2) is 9.35. The third-order valence-electron chi connectivity index (χ3n) is 5.84. The van der Waals surface area contributed by atoms with Gasteiger partial charge in [-0.3, -0.25) is 0 Å². The molecule has 166 valence electrons. The summed E-state index contributed by atoms with van der Waals surface area (Å²) in [5.41, 5.74) is 1.86. The number of fused-ring (bicyclic) bond motifs is 2. The number of halogens is 3. The SMILES string of the molecule is CCCCCC1CC=C(c2cc3c(c(F)c2F)Oc2c(ccc(OCC)c2F)C3)CO1. The van der Waals surface area contributed by atoms with Crippen molar-refractivity contribution in [2.45, 2.75) is 58.5 Å². The highest BCUT2D eigenvalue weighted by atomic mass is 19.2. The van der Waals surface area contributed by atoms with Gasteiger partial charge in [0.15, 0.2) is 23.1 Å². The number of hydrogen-bond acceptors (Lipinski definition) is 3. The molecule has 0 amide bonds. The molecule has 3 nitrogen and oxygen atoms in total. The van der Waals surface area contributed by atoms with Gasteiger partial charge in [-0.15, -0.1) is 0 Å². The molecule has 2 heterocycles. The first-order chi connectivity index (χ1) is 15.0. The Kier molecular flexibility index (Phi) is 6.56. The Morgan fingerprint density at radius 2 is 1.81 bits per heavy atom. The zero-order chi connectivity index (χ0) is 22.0. The van der Waals surface area contributed by atoms with E-state index in [9.17, 15) is 13.2 Å². The average Bonchev–Trinajstić information content (AvgIpc) is 2.78. The summed E-state index contributed by atoms with van der Waals surface area (Å²) < 4.78 is 61.2. The number of ether oxygens (including phenoxy) is 3. The van der Waals surface area contributed by atoms with Gasteiger partial charge >= 0.3 is 0 Å². The molecular weight excluding hydrogens is 405 g/mol. The molecule has 0 saturated heterocycles. The molecule has 4 rings (SSSR count). The maximum Gasteiger partial charge on any atom is 0.207 e. The van der Waals surface area contributed by atoms with E-state index in [1.54, 1.807) is 19.1 Å². The van der Waals surface area contributed by atoms with Crippen LogP contribution in [0.15, 0.2) is 24.3 Å². The van der Waals surface area contributed by atoms with Crippen LogP contribution in [0.5, 0.6) is 17.2 Å². The topological polar surface area (TPSA) is 27.7 Å². The molecule has 0 spiro atoms. The minimum Gasteiger partial charge on any atom is -0.491 e. The van der Waals surface area contributed by atoms with Crippen LogP contribution >= 0.6 is 0 Å². The lowest BCUT2D eigenvalue weighted by molar-refractivity contribution is 0.0645. The molecule has 2 aliphatic heterocycles. The summed E-state index contributed by atoms with van der Waals surface area (Å²) in [6, 6.07) is 4.82. The van der Waals surface area contributed by atoms with Gasteiger partial charge in [0, 0.05) is 23.1 Å². The molecule has 0 saturated carbocycles. The molecule has 6 heteroatoms. The van der Waals surface area contributed by atoms with Crippen LogP contribution in [-0.4, -0.2) is 19.3 Å². The second-order valence-corrected chi connectivity index (χ2v) is 8.01. The van der Waals surface area contributed by atoms with E-state index in [-0.39, 0.29) is 48.6 Å². The molecule has 0 bridgehead atoms. The summed E-state index contributed by atoms with van der Waals surface area (Å²) in [6.45, 7) is 4.43. The molecule has 1 atom stereocenters. The summed E-state index contributed by atoms with van der Waals surface area (Å²) in [6.07, 6.45) is 7.37. The van der Waals surface area contributed by atoms with Gasteiger partial charge < -0.3 is 14.2 Å². The fraction of sp³-hybridized carbons (Fsp3) is 0.440. The summed E-state index contributed by atoms with van der Waals surface area (Å²) >= 11 is 0. The minimum absolute atomic E-state index is 0.0280. The summed E-state index contributed by atoms with van der Waals surface area (Å²) in [5, 5.41) is 0. The van der Waals surface area contributed by atoms with E-state index in [1.165, 1.54) is 6.07 Å². The van der Waals surface area contributed by atoms with Crippen molar-refractivity contribution in [3.8, 4) is 17.2 Å². The van der Waals surface area contributed by atoms with Crippen LogP contribution < -0.4 is 9.47 Å². The largest absolute Gasteiger partial charge is 0.491 e. The Morgan fingerprint density at radius 3 is 2.52 bits per heavy atom. The second-order valence-electron chi connectivity index (χ2n) is 8.01. The Bertz CT molecular complexity index is 1000. The smallest absolute Gasteiger partial charge is 0.207 e. The molecule has 2 aromatic rings. The van der Waals surface area contributed by atoms with E-state index < -0.39 is 17.5 Å². The number of rotatable bonds is 7.